The van der Waals surface area contributed by atoms with Gasteiger partial charge in [-0.2, -0.15) is 0 Å². The van der Waals surface area contributed by atoms with Crippen LogP contribution in [0.1, 0.15) is 15.9 Å². The fourth-order valence-corrected chi connectivity index (χ4v) is 2.56. The van der Waals surface area contributed by atoms with Crippen LogP contribution in [0.2, 0.25) is 0 Å². The predicted octanol–water partition coefficient (Wildman–Crippen LogP) is 4.68. The van der Waals surface area contributed by atoms with Crippen molar-refractivity contribution in [2.24, 2.45) is 0 Å². The number of benzene rings is 3. The highest BCUT2D eigenvalue weighted by molar-refractivity contribution is 6.06. The maximum atomic E-state index is 13.2. The first-order valence-electron chi connectivity index (χ1n) is 7.93. The number of amides is 1. The maximum Gasteiger partial charge on any atom is 0.258 e. The van der Waals surface area contributed by atoms with Crippen molar-refractivity contribution in [1.29, 1.82) is 0 Å². The number of nitrogens with zero attached hydrogens (tertiary/aromatic N) is 1. The minimum atomic E-state index is -0.365. The zero-order valence-electron chi connectivity index (χ0n) is 13.9. The Morgan fingerprint density at radius 3 is 2.16 bits per heavy atom. The summed E-state index contributed by atoms with van der Waals surface area (Å²) < 4.78 is 18.3. The summed E-state index contributed by atoms with van der Waals surface area (Å²) in [4.78, 5) is 14.7. The van der Waals surface area contributed by atoms with Crippen molar-refractivity contribution in [3.63, 3.8) is 0 Å². The topological polar surface area (TPSA) is 29.5 Å². The summed E-state index contributed by atoms with van der Waals surface area (Å²) in [6.45, 7) is 0.420. The van der Waals surface area contributed by atoms with E-state index in [0.717, 1.165) is 17.0 Å². The normalized spacial score (nSPS) is 10.3. The molecule has 0 unspecified atom stereocenters. The number of hydrogen-bond acceptors (Lipinski definition) is 2. The number of halogens is 1. The average Bonchev–Trinajstić information content (AvgIpc) is 2.67. The van der Waals surface area contributed by atoms with Crippen molar-refractivity contribution in [2.75, 3.05) is 12.0 Å². The van der Waals surface area contributed by atoms with E-state index in [2.05, 4.69) is 0 Å². The monoisotopic (exact) mass is 335 g/mol. The van der Waals surface area contributed by atoms with Gasteiger partial charge in [0.05, 0.1) is 13.7 Å². The number of methoxy groups -OCH3 is 1. The van der Waals surface area contributed by atoms with Gasteiger partial charge in [0.15, 0.2) is 0 Å². The Morgan fingerprint density at radius 1 is 0.920 bits per heavy atom. The van der Waals surface area contributed by atoms with Crippen molar-refractivity contribution in [3.05, 3.63) is 95.8 Å². The van der Waals surface area contributed by atoms with Gasteiger partial charge in [-0.1, -0.05) is 30.3 Å². The summed E-state index contributed by atoms with van der Waals surface area (Å²) in [5, 5.41) is 0. The van der Waals surface area contributed by atoms with E-state index in [1.807, 2.05) is 54.6 Å². The molecule has 0 spiro atoms. The molecule has 0 aliphatic heterocycles. The third kappa shape index (κ3) is 4.04. The Bertz CT molecular complexity index is 830. The zero-order valence-corrected chi connectivity index (χ0v) is 13.9. The fraction of sp³-hybridized carbons (Fsp3) is 0.0952. The Kier molecular flexibility index (Phi) is 5.09. The largest absolute Gasteiger partial charge is 0.497 e. The lowest BCUT2D eigenvalue weighted by Crippen LogP contribution is -2.30. The van der Waals surface area contributed by atoms with E-state index in [0.29, 0.717) is 12.1 Å². The number of carbonyl (C=O) groups is 1. The van der Waals surface area contributed by atoms with Crippen LogP contribution in [0.25, 0.3) is 0 Å². The fourth-order valence-electron chi connectivity index (χ4n) is 2.56. The zero-order chi connectivity index (χ0) is 17.6. The van der Waals surface area contributed by atoms with E-state index in [4.69, 9.17) is 4.74 Å². The van der Waals surface area contributed by atoms with Gasteiger partial charge >= 0.3 is 0 Å². The molecule has 0 aliphatic carbocycles. The lowest BCUT2D eigenvalue weighted by Gasteiger charge is -2.23. The average molecular weight is 335 g/mol. The van der Waals surface area contributed by atoms with Crippen LogP contribution >= 0.6 is 0 Å². The molecule has 0 aromatic heterocycles. The first-order chi connectivity index (χ1) is 12.2. The summed E-state index contributed by atoms with van der Waals surface area (Å²) >= 11 is 0. The summed E-state index contributed by atoms with van der Waals surface area (Å²) in [6, 6.07) is 22.6. The smallest absolute Gasteiger partial charge is 0.258 e. The highest BCUT2D eigenvalue weighted by Gasteiger charge is 2.18. The Hall–Kier alpha value is -3.14. The van der Waals surface area contributed by atoms with Gasteiger partial charge in [0.2, 0.25) is 0 Å². The minimum Gasteiger partial charge on any atom is -0.497 e. The highest BCUT2D eigenvalue weighted by Crippen LogP contribution is 2.23. The Labute approximate surface area is 146 Å². The molecule has 0 aliphatic rings. The quantitative estimate of drug-likeness (QED) is 0.677. The second kappa shape index (κ2) is 7.62. The van der Waals surface area contributed by atoms with Crippen LogP contribution in [0.5, 0.6) is 5.75 Å². The van der Waals surface area contributed by atoms with E-state index in [-0.39, 0.29) is 11.7 Å². The first-order valence-corrected chi connectivity index (χ1v) is 7.93. The second-order valence-corrected chi connectivity index (χ2v) is 5.58. The molecule has 4 heteroatoms. The van der Waals surface area contributed by atoms with Gasteiger partial charge in [0.25, 0.3) is 5.91 Å². The minimum absolute atomic E-state index is 0.186. The molecule has 0 radical (unpaired) electrons. The molecule has 0 atom stereocenters. The number of hydrogen-bond donors (Lipinski definition) is 0. The van der Waals surface area contributed by atoms with Gasteiger partial charge in [0.1, 0.15) is 11.6 Å². The van der Waals surface area contributed by atoms with Crippen LogP contribution in [-0.2, 0) is 6.54 Å². The molecule has 0 N–H and O–H groups in total. The van der Waals surface area contributed by atoms with E-state index in [9.17, 15) is 9.18 Å². The third-order valence-electron chi connectivity index (χ3n) is 3.90. The molecule has 0 bridgehead atoms. The Morgan fingerprint density at radius 2 is 1.56 bits per heavy atom. The number of carbonyl (C=O) groups excluding carboxylic acids is 1. The molecule has 0 saturated carbocycles. The van der Waals surface area contributed by atoms with Crippen LogP contribution in [0.15, 0.2) is 78.9 Å². The molecule has 1 amide bonds. The lowest BCUT2D eigenvalue weighted by molar-refractivity contribution is 0.0985. The molecule has 3 rings (SSSR count). The van der Waals surface area contributed by atoms with E-state index in [1.54, 1.807) is 12.0 Å². The molecule has 126 valence electrons. The maximum absolute atomic E-state index is 13.2. The summed E-state index contributed by atoms with van der Waals surface area (Å²) in [6.07, 6.45) is 0. The first kappa shape index (κ1) is 16.7. The number of anilines is 1. The second-order valence-electron chi connectivity index (χ2n) is 5.58. The molecule has 3 aromatic rings. The standard InChI is InChI=1S/C21H18FNO2/c1-25-20-13-11-19(12-14-20)23(15-16-5-3-2-4-6-16)21(24)17-7-9-18(22)10-8-17/h2-14H,15H2,1H3. The Balaban J connectivity index is 1.95. The van der Waals surface area contributed by atoms with Gasteiger partial charge in [-0.05, 0) is 54.1 Å². The number of ether oxygens (including phenoxy) is 1. The van der Waals surface area contributed by atoms with Crippen molar-refractivity contribution >= 4 is 11.6 Å². The van der Waals surface area contributed by atoms with Crippen LogP contribution in [0, 0.1) is 5.82 Å². The van der Waals surface area contributed by atoms with Gasteiger partial charge in [-0.25, -0.2) is 4.39 Å². The summed E-state index contributed by atoms with van der Waals surface area (Å²) in [7, 11) is 1.60. The SMILES string of the molecule is COc1ccc(N(Cc2ccccc2)C(=O)c2ccc(F)cc2)cc1. The van der Waals surface area contributed by atoms with Crippen molar-refractivity contribution in [2.45, 2.75) is 6.54 Å². The molecule has 0 fully saturated rings. The van der Waals surface area contributed by atoms with Crippen molar-refractivity contribution in [1.82, 2.24) is 0 Å². The third-order valence-corrected chi connectivity index (χ3v) is 3.90. The predicted molar refractivity (Wildman–Crippen MR) is 96.3 cm³/mol. The molecular formula is C21H18FNO2. The van der Waals surface area contributed by atoms with Crippen LogP contribution in [0.3, 0.4) is 0 Å². The van der Waals surface area contributed by atoms with Crippen LogP contribution < -0.4 is 9.64 Å². The van der Waals surface area contributed by atoms with Gasteiger partial charge in [0, 0.05) is 11.3 Å². The van der Waals surface area contributed by atoms with Gasteiger partial charge < -0.3 is 9.64 Å². The van der Waals surface area contributed by atoms with Gasteiger partial charge in [-0.3, -0.25) is 4.79 Å². The molecule has 3 aromatic carbocycles. The molecule has 3 nitrogen and oxygen atoms in total. The van der Waals surface area contributed by atoms with Gasteiger partial charge in [-0.15, -0.1) is 0 Å². The number of rotatable bonds is 5. The molecule has 0 saturated heterocycles. The van der Waals surface area contributed by atoms with E-state index >= 15 is 0 Å². The van der Waals surface area contributed by atoms with E-state index < -0.39 is 0 Å². The van der Waals surface area contributed by atoms with E-state index in [1.165, 1.54) is 24.3 Å². The highest BCUT2D eigenvalue weighted by atomic mass is 19.1. The molecule has 25 heavy (non-hydrogen) atoms. The summed E-state index contributed by atoms with van der Waals surface area (Å²) in [5.41, 5.74) is 2.20. The molecule has 0 heterocycles. The lowest BCUT2D eigenvalue weighted by atomic mass is 10.1. The van der Waals surface area contributed by atoms with Crippen molar-refractivity contribution < 1.29 is 13.9 Å². The molecular weight excluding hydrogens is 317 g/mol. The summed E-state index contributed by atoms with van der Waals surface area (Å²) in [5.74, 6) is 0.169. The van der Waals surface area contributed by atoms with Crippen molar-refractivity contribution in [3.8, 4) is 5.75 Å². The van der Waals surface area contributed by atoms with Crippen LogP contribution in [-0.4, -0.2) is 13.0 Å². The van der Waals surface area contributed by atoms with Crippen LogP contribution in [0.4, 0.5) is 10.1 Å².